The van der Waals surface area contributed by atoms with Gasteiger partial charge in [0.15, 0.2) is 17.4 Å². The summed E-state index contributed by atoms with van der Waals surface area (Å²) in [7, 11) is 0. The first-order chi connectivity index (χ1) is 5.95. The summed E-state index contributed by atoms with van der Waals surface area (Å²) in [5, 5.41) is 9.01. The Morgan fingerprint density at radius 1 is 1.31 bits per heavy atom. The van der Waals surface area contributed by atoms with E-state index in [0.717, 1.165) is 0 Å². The van der Waals surface area contributed by atoms with E-state index >= 15 is 0 Å². The molecule has 5 heteroatoms. The lowest BCUT2D eigenvalue weighted by Gasteiger charge is -2.09. The van der Waals surface area contributed by atoms with Gasteiger partial charge in [-0.3, -0.25) is 0 Å². The molecule has 0 aliphatic rings. The van der Waals surface area contributed by atoms with Gasteiger partial charge in [0, 0.05) is 11.6 Å². The molecule has 1 atom stereocenters. The lowest BCUT2D eigenvalue weighted by molar-refractivity contribution is 0.379. The van der Waals surface area contributed by atoms with E-state index in [9.17, 15) is 13.2 Å². The quantitative estimate of drug-likeness (QED) is 0.665. The molecule has 0 heterocycles. The molecule has 0 saturated heterocycles. The van der Waals surface area contributed by atoms with E-state index in [1.165, 1.54) is 6.92 Å². The van der Waals surface area contributed by atoms with Gasteiger partial charge < -0.3 is 10.8 Å². The number of nitrogens with two attached hydrogens (primary N) is 1. The van der Waals surface area contributed by atoms with Gasteiger partial charge >= 0.3 is 0 Å². The predicted octanol–water partition coefficient (Wildman–Crippen LogP) is 1.83. The number of halogens is 3. The number of hydrogen-bond acceptors (Lipinski definition) is 2. The van der Waals surface area contributed by atoms with Crippen molar-refractivity contribution in [3.8, 4) is 5.75 Å². The van der Waals surface area contributed by atoms with Crippen molar-refractivity contribution in [2.45, 2.75) is 13.0 Å². The number of phenolic OH excluding ortho intramolecular Hbond substituents is 1. The average Bonchev–Trinajstić information content (AvgIpc) is 2.07. The number of phenols is 1. The molecule has 0 aliphatic heterocycles. The van der Waals surface area contributed by atoms with Crippen LogP contribution in [0.5, 0.6) is 5.75 Å². The Bertz CT molecular complexity index is 339. The van der Waals surface area contributed by atoms with Gasteiger partial charge in [-0.1, -0.05) is 0 Å². The monoisotopic (exact) mass is 191 g/mol. The molecule has 0 saturated carbocycles. The van der Waals surface area contributed by atoms with Crippen LogP contribution in [0, 0.1) is 17.5 Å². The highest BCUT2D eigenvalue weighted by Crippen LogP contribution is 2.29. The molecule has 1 aromatic carbocycles. The fourth-order valence-corrected chi connectivity index (χ4v) is 0.951. The van der Waals surface area contributed by atoms with E-state index in [0.29, 0.717) is 6.07 Å². The summed E-state index contributed by atoms with van der Waals surface area (Å²) in [6.45, 7) is 1.42. The minimum atomic E-state index is -1.69. The van der Waals surface area contributed by atoms with Crippen molar-refractivity contribution < 1.29 is 18.3 Å². The van der Waals surface area contributed by atoms with Crippen molar-refractivity contribution in [2.24, 2.45) is 5.73 Å². The Morgan fingerprint density at radius 2 is 1.85 bits per heavy atom. The Hall–Kier alpha value is -1.23. The minimum absolute atomic E-state index is 0.156. The van der Waals surface area contributed by atoms with E-state index in [1.54, 1.807) is 0 Å². The van der Waals surface area contributed by atoms with Gasteiger partial charge in [0.2, 0.25) is 5.82 Å². The summed E-state index contributed by atoms with van der Waals surface area (Å²) in [4.78, 5) is 0. The minimum Gasteiger partial charge on any atom is -0.505 e. The van der Waals surface area contributed by atoms with Crippen LogP contribution >= 0.6 is 0 Å². The van der Waals surface area contributed by atoms with Gasteiger partial charge in [0.1, 0.15) is 0 Å². The van der Waals surface area contributed by atoms with Crippen LogP contribution in [0.25, 0.3) is 0 Å². The van der Waals surface area contributed by atoms with Crippen molar-refractivity contribution in [3.05, 3.63) is 29.1 Å². The number of rotatable bonds is 1. The van der Waals surface area contributed by atoms with E-state index in [2.05, 4.69) is 0 Å². The second-order valence-electron chi connectivity index (χ2n) is 2.71. The second kappa shape index (κ2) is 3.26. The van der Waals surface area contributed by atoms with E-state index in [4.69, 9.17) is 10.8 Å². The number of aromatic hydroxyl groups is 1. The van der Waals surface area contributed by atoms with E-state index in [1.807, 2.05) is 0 Å². The molecule has 13 heavy (non-hydrogen) atoms. The first kappa shape index (κ1) is 9.85. The van der Waals surface area contributed by atoms with Crippen LogP contribution in [0.2, 0.25) is 0 Å². The van der Waals surface area contributed by atoms with E-state index < -0.39 is 29.2 Å². The summed E-state index contributed by atoms with van der Waals surface area (Å²) in [5.74, 6) is -5.59. The number of benzene rings is 1. The van der Waals surface area contributed by atoms with Gasteiger partial charge in [-0.05, 0) is 13.0 Å². The maximum Gasteiger partial charge on any atom is 0.203 e. The lowest BCUT2D eigenvalue weighted by atomic mass is 10.1. The summed E-state index contributed by atoms with van der Waals surface area (Å²) in [6, 6.07) is -0.0806. The van der Waals surface area contributed by atoms with Crippen molar-refractivity contribution >= 4 is 0 Å². The molecule has 0 spiro atoms. The molecule has 1 aromatic rings. The fraction of sp³-hybridized carbons (Fsp3) is 0.250. The van der Waals surface area contributed by atoms with Gasteiger partial charge in [0.25, 0.3) is 0 Å². The maximum atomic E-state index is 12.7. The molecule has 0 aromatic heterocycles. The summed E-state index contributed by atoms with van der Waals surface area (Å²) < 4.78 is 37.8. The van der Waals surface area contributed by atoms with E-state index in [-0.39, 0.29) is 5.56 Å². The van der Waals surface area contributed by atoms with Crippen LogP contribution in [0.4, 0.5) is 13.2 Å². The van der Waals surface area contributed by atoms with Crippen molar-refractivity contribution in [1.82, 2.24) is 0 Å². The molecule has 1 rings (SSSR count). The number of hydrogen-bond donors (Lipinski definition) is 2. The topological polar surface area (TPSA) is 46.2 Å². The van der Waals surface area contributed by atoms with Crippen LogP contribution < -0.4 is 5.73 Å². The van der Waals surface area contributed by atoms with Crippen LogP contribution in [0.3, 0.4) is 0 Å². The summed E-state index contributed by atoms with van der Waals surface area (Å²) in [5.41, 5.74) is 5.13. The molecule has 0 fully saturated rings. The predicted molar refractivity (Wildman–Crippen MR) is 40.6 cm³/mol. The smallest absolute Gasteiger partial charge is 0.203 e. The van der Waals surface area contributed by atoms with Gasteiger partial charge in [-0.15, -0.1) is 0 Å². The van der Waals surface area contributed by atoms with Gasteiger partial charge in [0.05, 0.1) is 0 Å². The first-order valence-electron chi connectivity index (χ1n) is 3.57. The summed E-state index contributed by atoms with van der Waals surface area (Å²) >= 11 is 0. The van der Waals surface area contributed by atoms with Gasteiger partial charge in [-0.2, -0.15) is 4.39 Å². The third-order valence-corrected chi connectivity index (χ3v) is 1.66. The average molecular weight is 191 g/mol. The fourth-order valence-electron chi connectivity index (χ4n) is 0.951. The first-order valence-corrected chi connectivity index (χ1v) is 3.57. The molecule has 72 valence electrons. The van der Waals surface area contributed by atoms with Crippen LogP contribution in [0.1, 0.15) is 18.5 Å². The zero-order chi connectivity index (χ0) is 10.2. The van der Waals surface area contributed by atoms with Crippen LogP contribution in [-0.2, 0) is 0 Å². The zero-order valence-electron chi connectivity index (χ0n) is 6.81. The van der Waals surface area contributed by atoms with Crippen LogP contribution in [0.15, 0.2) is 6.07 Å². The molecule has 0 unspecified atom stereocenters. The van der Waals surface area contributed by atoms with Crippen LogP contribution in [-0.4, -0.2) is 5.11 Å². The van der Waals surface area contributed by atoms with Crippen molar-refractivity contribution in [1.29, 1.82) is 0 Å². The normalized spacial score (nSPS) is 13.0. The maximum absolute atomic E-state index is 12.7. The molecule has 0 aliphatic carbocycles. The molecule has 0 amide bonds. The molecule has 0 radical (unpaired) electrons. The van der Waals surface area contributed by atoms with Crippen molar-refractivity contribution in [3.63, 3.8) is 0 Å². The summed E-state index contributed by atoms with van der Waals surface area (Å²) in [6.07, 6.45) is 0. The molecular formula is C8H8F3NO. The highest BCUT2D eigenvalue weighted by atomic mass is 19.2. The Morgan fingerprint density at radius 3 is 2.31 bits per heavy atom. The Kier molecular flexibility index (Phi) is 2.47. The lowest BCUT2D eigenvalue weighted by Crippen LogP contribution is -2.08. The Labute approximate surface area is 72.8 Å². The molecule has 2 nitrogen and oxygen atoms in total. The SMILES string of the molecule is C[C@@H](N)c1cc(F)c(F)c(F)c1O. The zero-order valence-corrected chi connectivity index (χ0v) is 6.81. The third-order valence-electron chi connectivity index (χ3n) is 1.66. The Balaban J connectivity index is 3.41. The second-order valence-corrected chi connectivity index (χ2v) is 2.71. The standard InChI is InChI=1S/C8H8F3NO/c1-3(12)4-2-5(9)6(10)7(11)8(4)13/h2-3,13H,12H2,1H3/t3-/m1/s1. The molecule has 3 N–H and O–H groups in total. The third kappa shape index (κ3) is 1.60. The van der Waals surface area contributed by atoms with Gasteiger partial charge in [-0.25, -0.2) is 8.78 Å². The highest BCUT2D eigenvalue weighted by molar-refractivity contribution is 5.37. The molecular weight excluding hydrogens is 183 g/mol. The molecule has 0 bridgehead atoms. The largest absolute Gasteiger partial charge is 0.505 e. The van der Waals surface area contributed by atoms with Crippen molar-refractivity contribution in [2.75, 3.05) is 0 Å². The highest BCUT2D eigenvalue weighted by Gasteiger charge is 2.19.